The SMILES string of the molecule is C=CCc1cc(C(=O)Nc2ccc(S(=O)(=O)N3CCCCCC3)cc2)ccc1OC. The predicted octanol–water partition coefficient (Wildman–Crippen LogP) is 4.24. The van der Waals surface area contributed by atoms with Gasteiger partial charge < -0.3 is 10.1 Å². The number of ether oxygens (including phenoxy) is 1. The molecule has 3 rings (SSSR count). The van der Waals surface area contributed by atoms with Gasteiger partial charge in [0.25, 0.3) is 5.91 Å². The summed E-state index contributed by atoms with van der Waals surface area (Å²) in [4.78, 5) is 12.9. The average Bonchev–Trinajstić information content (AvgIpc) is 3.04. The molecule has 1 aliphatic rings. The number of hydrogen-bond acceptors (Lipinski definition) is 4. The van der Waals surface area contributed by atoms with Gasteiger partial charge in [-0.3, -0.25) is 4.79 Å². The van der Waals surface area contributed by atoms with Gasteiger partial charge in [0.05, 0.1) is 12.0 Å². The highest BCUT2D eigenvalue weighted by Crippen LogP contribution is 2.24. The van der Waals surface area contributed by atoms with Crippen LogP contribution in [0.15, 0.2) is 60.0 Å². The number of carbonyl (C=O) groups is 1. The van der Waals surface area contributed by atoms with E-state index in [0.717, 1.165) is 31.2 Å². The largest absolute Gasteiger partial charge is 0.496 e. The summed E-state index contributed by atoms with van der Waals surface area (Å²) in [6, 6.07) is 11.6. The minimum atomic E-state index is -3.51. The third-order valence-electron chi connectivity index (χ3n) is 5.22. The van der Waals surface area contributed by atoms with Crippen molar-refractivity contribution >= 4 is 21.6 Å². The van der Waals surface area contributed by atoms with E-state index in [-0.39, 0.29) is 10.8 Å². The van der Waals surface area contributed by atoms with Crippen molar-refractivity contribution in [2.75, 3.05) is 25.5 Å². The van der Waals surface area contributed by atoms with E-state index in [0.29, 0.717) is 36.5 Å². The van der Waals surface area contributed by atoms with Gasteiger partial charge in [0.1, 0.15) is 5.75 Å². The molecule has 0 aliphatic carbocycles. The maximum atomic E-state index is 12.9. The standard InChI is InChI=1S/C23H28N2O4S/c1-3-8-18-17-19(9-14-22(18)29-2)23(26)24-20-10-12-21(13-11-20)30(27,28)25-15-6-4-5-7-16-25/h3,9-14,17H,1,4-8,15-16H2,2H3,(H,24,26). The molecule has 0 radical (unpaired) electrons. The number of rotatable bonds is 7. The van der Waals surface area contributed by atoms with Crippen LogP contribution in [0, 0.1) is 0 Å². The molecule has 1 heterocycles. The Bertz CT molecular complexity index is 992. The van der Waals surface area contributed by atoms with Gasteiger partial charge in [-0.1, -0.05) is 18.9 Å². The van der Waals surface area contributed by atoms with Crippen LogP contribution in [0.4, 0.5) is 5.69 Å². The smallest absolute Gasteiger partial charge is 0.255 e. The zero-order valence-electron chi connectivity index (χ0n) is 17.3. The Hall–Kier alpha value is -2.64. The Morgan fingerprint density at radius 2 is 1.77 bits per heavy atom. The van der Waals surface area contributed by atoms with Crippen molar-refractivity contribution in [1.29, 1.82) is 0 Å². The Labute approximate surface area is 178 Å². The third-order valence-corrected chi connectivity index (χ3v) is 7.13. The number of methoxy groups -OCH3 is 1. The van der Waals surface area contributed by atoms with E-state index < -0.39 is 10.0 Å². The molecule has 2 aromatic carbocycles. The second kappa shape index (κ2) is 9.91. The molecular weight excluding hydrogens is 400 g/mol. The van der Waals surface area contributed by atoms with Crippen LogP contribution in [-0.4, -0.2) is 38.8 Å². The molecule has 0 spiro atoms. The number of nitrogens with one attached hydrogen (secondary N) is 1. The fourth-order valence-corrected chi connectivity index (χ4v) is 5.10. The minimum absolute atomic E-state index is 0.250. The summed E-state index contributed by atoms with van der Waals surface area (Å²) in [6.45, 7) is 4.85. The molecule has 0 atom stereocenters. The van der Waals surface area contributed by atoms with Crippen LogP contribution >= 0.6 is 0 Å². The highest BCUT2D eigenvalue weighted by molar-refractivity contribution is 7.89. The first-order valence-corrected chi connectivity index (χ1v) is 11.6. The van der Waals surface area contributed by atoms with Gasteiger partial charge in [-0.25, -0.2) is 8.42 Å². The summed E-state index contributed by atoms with van der Waals surface area (Å²) >= 11 is 0. The van der Waals surface area contributed by atoms with Crippen molar-refractivity contribution in [3.8, 4) is 5.75 Å². The Morgan fingerprint density at radius 3 is 2.37 bits per heavy atom. The van der Waals surface area contributed by atoms with E-state index in [2.05, 4.69) is 11.9 Å². The van der Waals surface area contributed by atoms with Gasteiger partial charge in [-0.05, 0) is 67.3 Å². The first-order valence-electron chi connectivity index (χ1n) is 10.1. The van der Waals surface area contributed by atoms with Gasteiger partial charge in [-0.2, -0.15) is 4.31 Å². The molecule has 0 unspecified atom stereocenters. The molecule has 1 amide bonds. The molecule has 1 fully saturated rings. The number of nitrogens with zero attached hydrogens (tertiary/aromatic N) is 1. The maximum absolute atomic E-state index is 12.9. The van der Waals surface area contributed by atoms with Crippen LogP contribution in [0.5, 0.6) is 5.75 Å². The molecule has 2 aromatic rings. The van der Waals surface area contributed by atoms with Crippen molar-refractivity contribution in [3.63, 3.8) is 0 Å². The summed E-state index contributed by atoms with van der Waals surface area (Å²) < 4.78 is 32.6. The number of allylic oxidation sites excluding steroid dienone is 1. The molecule has 0 bridgehead atoms. The molecule has 1 aliphatic heterocycles. The second-order valence-electron chi connectivity index (χ2n) is 7.32. The number of carbonyl (C=O) groups excluding carboxylic acids is 1. The molecule has 6 nitrogen and oxygen atoms in total. The fourth-order valence-electron chi connectivity index (χ4n) is 3.58. The van der Waals surface area contributed by atoms with Crippen molar-refractivity contribution in [2.24, 2.45) is 0 Å². The zero-order chi connectivity index (χ0) is 21.6. The summed E-state index contributed by atoms with van der Waals surface area (Å²) in [5.74, 6) is 0.431. The van der Waals surface area contributed by atoms with E-state index in [1.165, 1.54) is 0 Å². The molecule has 1 saturated heterocycles. The topological polar surface area (TPSA) is 75.7 Å². The van der Waals surface area contributed by atoms with E-state index in [4.69, 9.17) is 4.74 Å². The number of amides is 1. The lowest BCUT2D eigenvalue weighted by Gasteiger charge is -2.20. The summed E-state index contributed by atoms with van der Waals surface area (Å²) in [5, 5.41) is 2.82. The lowest BCUT2D eigenvalue weighted by molar-refractivity contribution is 0.102. The molecule has 7 heteroatoms. The van der Waals surface area contributed by atoms with Crippen LogP contribution in [0.1, 0.15) is 41.6 Å². The van der Waals surface area contributed by atoms with Crippen molar-refractivity contribution in [3.05, 3.63) is 66.2 Å². The lowest BCUT2D eigenvalue weighted by Crippen LogP contribution is -2.31. The van der Waals surface area contributed by atoms with Crippen molar-refractivity contribution < 1.29 is 17.9 Å². The Kier molecular flexibility index (Phi) is 7.29. The van der Waals surface area contributed by atoms with E-state index >= 15 is 0 Å². The van der Waals surface area contributed by atoms with E-state index in [1.807, 2.05) is 0 Å². The normalized spacial score (nSPS) is 15.2. The van der Waals surface area contributed by atoms with E-state index in [1.54, 1.807) is 60.0 Å². The van der Waals surface area contributed by atoms with Gasteiger partial charge in [0, 0.05) is 24.3 Å². The molecule has 30 heavy (non-hydrogen) atoms. The van der Waals surface area contributed by atoms with E-state index in [9.17, 15) is 13.2 Å². The minimum Gasteiger partial charge on any atom is -0.496 e. The fraction of sp³-hybridized carbons (Fsp3) is 0.348. The van der Waals surface area contributed by atoms with Gasteiger partial charge in [-0.15, -0.1) is 6.58 Å². The third kappa shape index (κ3) is 5.09. The second-order valence-corrected chi connectivity index (χ2v) is 9.25. The number of benzene rings is 2. The molecule has 1 N–H and O–H groups in total. The zero-order valence-corrected chi connectivity index (χ0v) is 18.1. The van der Waals surface area contributed by atoms with Crippen LogP contribution < -0.4 is 10.1 Å². The quantitative estimate of drug-likeness (QED) is 0.669. The van der Waals surface area contributed by atoms with Gasteiger partial charge in [0.15, 0.2) is 0 Å². The Morgan fingerprint density at radius 1 is 1.10 bits per heavy atom. The Balaban J connectivity index is 1.73. The highest BCUT2D eigenvalue weighted by atomic mass is 32.2. The molecule has 160 valence electrons. The number of hydrogen-bond donors (Lipinski definition) is 1. The summed E-state index contributed by atoms with van der Waals surface area (Å²) in [5.41, 5.74) is 1.91. The number of sulfonamides is 1. The van der Waals surface area contributed by atoms with Crippen LogP contribution in [0.3, 0.4) is 0 Å². The first-order chi connectivity index (χ1) is 14.5. The molecular formula is C23H28N2O4S. The van der Waals surface area contributed by atoms with Crippen LogP contribution in [0.2, 0.25) is 0 Å². The molecule has 0 aromatic heterocycles. The van der Waals surface area contributed by atoms with Gasteiger partial charge in [0.2, 0.25) is 10.0 Å². The highest BCUT2D eigenvalue weighted by Gasteiger charge is 2.25. The lowest BCUT2D eigenvalue weighted by atomic mass is 10.1. The summed E-state index contributed by atoms with van der Waals surface area (Å²) in [7, 11) is -1.92. The predicted molar refractivity (Wildman–Crippen MR) is 119 cm³/mol. The average molecular weight is 429 g/mol. The first kappa shape index (κ1) is 22.1. The van der Waals surface area contributed by atoms with Gasteiger partial charge >= 0.3 is 0 Å². The van der Waals surface area contributed by atoms with Crippen molar-refractivity contribution in [1.82, 2.24) is 4.31 Å². The maximum Gasteiger partial charge on any atom is 0.255 e. The van der Waals surface area contributed by atoms with Crippen LogP contribution in [0.25, 0.3) is 0 Å². The summed E-state index contributed by atoms with van der Waals surface area (Å²) in [6.07, 6.45) is 6.26. The van der Waals surface area contributed by atoms with Crippen LogP contribution in [-0.2, 0) is 16.4 Å². The number of anilines is 1. The monoisotopic (exact) mass is 428 g/mol. The van der Waals surface area contributed by atoms with Crippen molar-refractivity contribution in [2.45, 2.75) is 37.0 Å². The molecule has 0 saturated carbocycles.